The Labute approximate surface area is 107 Å². The molecule has 0 amide bonds. The topological polar surface area (TPSA) is 58.0 Å². The number of anilines is 1. The third-order valence-electron chi connectivity index (χ3n) is 3.34. The van der Waals surface area contributed by atoms with E-state index < -0.39 is 0 Å². The molecule has 4 heteroatoms. The zero-order valence-corrected chi connectivity index (χ0v) is 11.1. The minimum Gasteiger partial charge on any atom is -0.394 e. The van der Waals surface area contributed by atoms with Crippen molar-refractivity contribution in [3.63, 3.8) is 0 Å². The van der Waals surface area contributed by atoms with Crippen molar-refractivity contribution < 1.29 is 5.11 Å². The molecule has 2 N–H and O–H groups in total. The summed E-state index contributed by atoms with van der Waals surface area (Å²) in [6.07, 6.45) is 2.37. The van der Waals surface area contributed by atoms with E-state index in [2.05, 4.69) is 21.4 Å². The number of hydrogen-bond acceptors (Lipinski definition) is 4. The Morgan fingerprint density at radius 2 is 2.11 bits per heavy atom. The Morgan fingerprint density at radius 1 is 1.33 bits per heavy atom. The van der Waals surface area contributed by atoms with Gasteiger partial charge < -0.3 is 10.4 Å². The fourth-order valence-corrected chi connectivity index (χ4v) is 1.80. The zero-order valence-electron chi connectivity index (χ0n) is 11.1. The van der Waals surface area contributed by atoms with Gasteiger partial charge in [-0.3, -0.25) is 0 Å². The number of aliphatic hydroxyl groups excluding tert-OH is 1. The highest BCUT2D eigenvalue weighted by atomic mass is 16.3. The monoisotopic (exact) mass is 245 g/mol. The normalized spacial score (nSPS) is 14.4. The van der Waals surface area contributed by atoms with Crippen LogP contribution < -0.4 is 5.32 Å². The van der Waals surface area contributed by atoms with Crippen LogP contribution in [0.5, 0.6) is 0 Å². The first kappa shape index (κ1) is 12.8. The van der Waals surface area contributed by atoms with E-state index in [-0.39, 0.29) is 12.1 Å². The molecule has 1 aromatic heterocycles. The fourth-order valence-electron chi connectivity index (χ4n) is 1.80. The van der Waals surface area contributed by atoms with Gasteiger partial charge in [-0.1, -0.05) is 18.6 Å². The second-order valence-corrected chi connectivity index (χ2v) is 4.94. The number of rotatable bonds is 4. The Bertz CT molecular complexity index is 550. The summed E-state index contributed by atoms with van der Waals surface area (Å²) in [6, 6.07) is 6.08. The molecule has 18 heavy (non-hydrogen) atoms. The van der Waals surface area contributed by atoms with Crippen molar-refractivity contribution in [3.05, 3.63) is 30.1 Å². The van der Waals surface area contributed by atoms with Crippen LogP contribution in [0.2, 0.25) is 0 Å². The van der Waals surface area contributed by atoms with Crippen molar-refractivity contribution in [2.75, 3.05) is 11.9 Å². The summed E-state index contributed by atoms with van der Waals surface area (Å²) in [5.41, 5.74) is 1.72. The summed E-state index contributed by atoms with van der Waals surface area (Å²) in [4.78, 5) is 8.55. The van der Waals surface area contributed by atoms with E-state index in [9.17, 15) is 5.11 Å². The molecular weight excluding hydrogens is 226 g/mol. The number of benzene rings is 1. The third-order valence-corrected chi connectivity index (χ3v) is 3.34. The van der Waals surface area contributed by atoms with Crippen molar-refractivity contribution >= 4 is 16.7 Å². The van der Waals surface area contributed by atoms with Crippen LogP contribution in [0.3, 0.4) is 0 Å². The quantitative estimate of drug-likeness (QED) is 0.869. The number of aliphatic hydroxyl groups is 1. The van der Waals surface area contributed by atoms with Crippen LogP contribution in [0.25, 0.3) is 10.9 Å². The second-order valence-electron chi connectivity index (χ2n) is 4.94. The van der Waals surface area contributed by atoms with Crippen molar-refractivity contribution in [1.82, 2.24) is 9.97 Å². The van der Waals surface area contributed by atoms with Gasteiger partial charge in [0.05, 0.1) is 17.7 Å². The van der Waals surface area contributed by atoms with Crippen LogP contribution in [0, 0.1) is 6.92 Å². The average molecular weight is 245 g/mol. The Kier molecular flexibility index (Phi) is 3.48. The Balaban J connectivity index is 2.47. The number of nitrogens with one attached hydrogen (secondary N) is 1. The van der Waals surface area contributed by atoms with Gasteiger partial charge in [0.1, 0.15) is 12.1 Å². The zero-order chi connectivity index (χ0) is 13.2. The van der Waals surface area contributed by atoms with Crippen LogP contribution in [-0.4, -0.2) is 27.2 Å². The third kappa shape index (κ3) is 2.43. The van der Waals surface area contributed by atoms with Crippen LogP contribution in [-0.2, 0) is 0 Å². The predicted molar refractivity (Wildman–Crippen MR) is 73.7 cm³/mol. The van der Waals surface area contributed by atoms with E-state index in [0.29, 0.717) is 0 Å². The largest absolute Gasteiger partial charge is 0.394 e. The molecule has 1 heterocycles. The molecule has 0 aliphatic heterocycles. The summed E-state index contributed by atoms with van der Waals surface area (Å²) in [7, 11) is 0. The van der Waals surface area contributed by atoms with E-state index in [1.807, 2.05) is 32.9 Å². The molecule has 1 aromatic carbocycles. The van der Waals surface area contributed by atoms with Gasteiger partial charge in [-0.25, -0.2) is 9.97 Å². The van der Waals surface area contributed by atoms with Gasteiger partial charge in [0, 0.05) is 5.39 Å². The summed E-state index contributed by atoms with van der Waals surface area (Å²) < 4.78 is 0. The average Bonchev–Trinajstić information content (AvgIpc) is 2.39. The fraction of sp³-hybridized carbons (Fsp3) is 0.429. The highest BCUT2D eigenvalue weighted by Gasteiger charge is 2.21. The smallest absolute Gasteiger partial charge is 0.137 e. The molecule has 0 radical (unpaired) electrons. The van der Waals surface area contributed by atoms with Gasteiger partial charge in [0.15, 0.2) is 0 Å². The molecule has 2 rings (SSSR count). The summed E-state index contributed by atoms with van der Waals surface area (Å²) >= 11 is 0. The molecule has 0 fully saturated rings. The van der Waals surface area contributed by atoms with Gasteiger partial charge in [-0.2, -0.15) is 0 Å². The standard InChI is InChI=1S/C14H19N3O/c1-4-14(3,8-18)17-13-11-7-10(2)5-6-12(11)15-9-16-13/h5-7,9,18H,4,8H2,1-3H3,(H,15,16,17). The van der Waals surface area contributed by atoms with Gasteiger partial charge in [0.2, 0.25) is 0 Å². The molecule has 0 aliphatic carbocycles. The van der Waals surface area contributed by atoms with Crippen molar-refractivity contribution in [2.24, 2.45) is 0 Å². The summed E-state index contributed by atoms with van der Waals surface area (Å²) in [5, 5.41) is 13.8. The molecule has 4 nitrogen and oxygen atoms in total. The second kappa shape index (κ2) is 4.90. The van der Waals surface area contributed by atoms with Crippen LogP contribution >= 0.6 is 0 Å². The number of nitrogens with zero attached hydrogens (tertiary/aromatic N) is 2. The first-order chi connectivity index (χ1) is 8.58. The lowest BCUT2D eigenvalue weighted by atomic mass is 10.00. The lowest BCUT2D eigenvalue weighted by Gasteiger charge is -2.28. The first-order valence-corrected chi connectivity index (χ1v) is 6.18. The molecule has 96 valence electrons. The maximum atomic E-state index is 9.47. The number of aromatic nitrogens is 2. The lowest BCUT2D eigenvalue weighted by molar-refractivity contribution is 0.218. The number of aryl methyl sites for hydroxylation is 1. The predicted octanol–water partition coefficient (Wildman–Crippen LogP) is 2.51. The molecule has 1 atom stereocenters. The SMILES string of the molecule is CCC(C)(CO)Nc1ncnc2ccc(C)cc12. The van der Waals surface area contributed by atoms with E-state index in [1.54, 1.807) is 6.33 Å². The Morgan fingerprint density at radius 3 is 2.78 bits per heavy atom. The van der Waals surface area contributed by atoms with Gasteiger partial charge in [0.25, 0.3) is 0 Å². The minimum absolute atomic E-state index is 0.0702. The van der Waals surface area contributed by atoms with Crippen molar-refractivity contribution in [1.29, 1.82) is 0 Å². The number of hydrogen-bond donors (Lipinski definition) is 2. The molecule has 0 saturated carbocycles. The van der Waals surface area contributed by atoms with Gasteiger partial charge >= 0.3 is 0 Å². The highest BCUT2D eigenvalue weighted by molar-refractivity contribution is 5.89. The molecule has 0 spiro atoms. The highest BCUT2D eigenvalue weighted by Crippen LogP contribution is 2.24. The molecule has 0 saturated heterocycles. The molecule has 0 aliphatic rings. The van der Waals surface area contributed by atoms with E-state index in [0.717, 1.165) is 23.1 Å². The molecular formula is C14H19N3O. The van der Waals surface area contributed by atoms with E-state index >= 15 is 0 Å². The minimum atomic E-state index is -0.356. The lowest BCUT2D eigenvalue weighted by Crippen LogP contribution is -2.38. The van der Waals surface area contributed by atoms with Crippen LogP contribution in [0.15, 0.2) is 24.5 Å². The van der Waals surface area contributed by atoms with Crippen molar-refractivity contribution in [3.8, 4) is 0 Å². The van der Waals surface area contributed by atoms with Gasteiger partial charge in [-0.15, -0.1) is 0 Å². The summed E-state index contributed by atoms with van der Waals surface area (Å²) in [5.74, 6) is 0.780. The molecule has 1 unspecified atom stereocenters. The first-order valence-electron chi connectivity index (χ1n) is 6.18. The van der Waals surface area contributed by atoms with Gasteiger partial charge in [-0.05, 0) is 32.4 Å². The Hall–Kier alpha value is -1.68. The molecule has 0 bridgehead atoms. The maximum absolute atomic E-state index is 9.47. The van der Waals surface area contributed by atoms with Crippen molar-refractivity contribution in [2.45, 2.75) is 32.7 Å². The number of fused-ring (bicyclic) bond motifs is 1. The van der Waals surface area contributed by atoms with E-state index in [1.165, 1.54) is 5.56 Å². The molecule has 2 aromatic rings. The van der Waals surface area contributed by atoms with Crippen LogP contribution in [0.1, 0.15) is 25.8 Å². The van der Waals surface area contributed by atoms with Crippen LogP contribution in [0.4, 0.5) is 5.82 Å². The maximum Gasteiger partial charge on any atom is 0.137 e. The summed E-state index contributed by atoms with van der Waals surface area (Å²) in [6.45, 7) is 6.14. The van der Waals surface area contributed by atoms with E-state index in [4.69, 9.17) is 0 Å².